The van der Waals surface area contributed by atoms with Gasteiger partial charge in [0.1, 0.15) is 0 Å². The molecular formula is C10H9ClN2O2. The van der Waals surface area contributed by atoms with Crippen molar-refractivity contribution in [1.82, 2.24) is 4.98 Å². The van der Waals surface area contributed by atoms with Gasteiger partial charge in [0.05, 0.1) is 12.3 Å². The number of esters is 1. The van der Waals surface area contributed by atoms with Crippen LogP contribution in [0.3, 0.4) is 0 Å². The fourth-order valence-corrected chi connectivity index (χ4v) is 0.927. The van der Waals surface area contributed by atoms with Gasteiger partial charge in [-0.05, 0) is 13.0 Å². The summed E-state index contributed by atoms with van der Waals surface area (Å²) < 4.78 is 4.63. The number of pyridine rings is 1. The molecule has 1 aromatic heterocycles. The maximum atomic E-state index is 10.9. The molecule has 0 saturated carbocycles. The van der Waals surface area contributed by atoms with Gasteiger partial charge in [-0.3, -0.25) is 0 Å². The molecule has 0 saturated heterocycles. The number of nitrogens with two attached hydrogens (primary N) is 1. The zero-order valence-corrected chi connectivity index (χ0v) is 8.84. The van der Waals surface area contributed by atoms with Crippen molar-refractivity contribution in [2.75, 3.05) is 12.3 Å². The summed E-state index contributed by atoms with van der Waals surface area (Å²) in [6.07, 6.45) is 1.44. The molecule has 0 aliphatic heterocycles. The van der Waals surface area contributed by atoms with Crippen LogP contribution >= 0.6 is 11.6 Å². The summed E-state index contributed by atoms with van der Waals surface area (Å²) in [5, 5.41) is 0.219. The van der Waals surface area contributed by atoms with Crippen LogP contribution in [0.25, 0.3) is 0 Å². The zero-order chi connectivity index (χ0) is 11.3. The van der Waals surface area contributed by atoms with E-state index in [9.17, 15) is 4.79 Å². The maximum absolute atomic E-state index is 10.9. The SMILES string of the molecule is CCOC(=O)C#Cc1cnc(Cl)c(N)c1. The molecule has 0 aliphatic rings. The molecule has 78 valence electrons. The van der Waals surface area contributed by atoms with E-state index >= 15 is 0 Å². The van der Waals surface area contributed by atoms with E-state index < -0.39 is 5.97 Å². The first kappa shape index (κ1) is 11.3. The second kappa shape index (κ2) is 5.23. The molecule has 0 radical (unpaired) electrons. The topological polar surface area (TPSA) is 65.2 Å². The Bertz CT molecular complexity index is 435. The normalized spacial score (nSPS) is 8.93. The standard InChI is InChI=1S/C10H9ClN2O2/c1-2-15-9(14)4-3-7-5-8(12)10(11)13-6-7/h5-6H,2,12H2,1H3. The van der Waals surface area contributed by atoms with E-state index in [1.165, 1.54) is 6.20 Å². The van der Waals surface area contributed by atoms with E-state index in [0.717, 1.165) is 0 Å². The second-order valence-corrected chi connectivity index (χ2v) is 2.93. The van der Waals surface area contributed by atoms with Gasteiger partial charge >= 0.3 is 5.97 Å². The van der Waals surface area contributed by atoms with Crippen LogP contribution < -0.4 is 5.73 Å². The van der Waals surface area contributed by atoms with Crippen LogP contribution in [-0.4, -0.2) is 17.6 Å². The highest BCUT2D eigenvalue weighted by Gasteiger charge is 1.98. The average molecular weight is 225 g/mol. The van der Waals surface area contributed by atoms with E-state index in [4.69, 9.17) is 17.3 Å². The molecular weight excluding hydrogens is 216 g/mol. The van der Waals surface area contributed by atoms with Crippen LogP contribution in [0.1, 0.15) is 12.5 Å². The first-order chi connectivity index (χ1) is 7.13. The monoisotopic (exact) mass is 224 g/mol. The van der Waals surface area contributed by atoms with Crippen molar-refractivity contribution in [2.45, 2.75) is 6.92 Å². The lowest BCUT2D eigenvalue weighted by molar-refractivity contribution is -0.136. The lowest BCUT2D eigenvalue weighted by Gasteiger charge is -1.96. The highest BCUT2D eigenvalue weighted by molar-refractivity contribution is 6.31. The van der Waals surface area contributed by atoms with E-state index in [1.54, 1.807) is 13.0 Å². The van der Waals surface area contributed by atoms with Gasteiger partial charge < -0.3 is 10.5 Å². The third kappa shape index (κ3) is 3.49. The first-order valence-electron chi connectivity index (χ1n) is 4.23. The van der Waals surface area contributed by atoms with Crippen LogP contribution in [-0.2, 0) is 9.53 Å². The number of carbonyl (C=O) groups is 1. The quantitative estimate of drug-likeness (QED) is 0.443. The minimum atomic E-state index is -0.578. The molecule has 0 spiro atoms. The number of nitrogens with zero attached hydrogens (tertiary/aromatic N) is 1. The van der Waals surface area contributed by atoms with Crippen LogP contribution in [0.2, 0.25) is 5.15 Å². The predicted octanol–water partition coefficient (Wildman–Crippen LogP) is 1.23. The maximum Gasteiger partial charge on any atom is 0.384 e. The number of hydrogen-bond acceptors (Lipinski definition) is 4. The summed E-state index contributed by atoms with van der Waals surface area (Å²) in [6.45, 7) is 2.01. The number of halogens is 1. The van der Waals surface area contributed by atoms with Crippen molar-refractivity contribution in [1.29, 1.82) is 0 Å². The van der Waals surface area contributed by atoms with Crippen LogP contribution in [0.4, 0.5) is 5.69 Å². The number of aromatic nitrogens is 1. The van der Waals surface area contributed by atoms with Crippen molar-refractivity contribution in [2.24, 2.45) is 0 Å². The smallest absolute Gasteiger partial charge is 0.384 e. The van der Waals surface area contributed by atoms with Gasteiger partial charge in [0, 0.05) is 17.7 Å². The van der Waals surface area contributed by atoms with Gasteiger partial charge in [-0.1, -0.05) is 17.5 Å². The van der Waals surface area contributed by atoms with E-state index in [1.807, 2.05) is 0 Å². The van der Waals surface area contributed by atoms with Crippen molar-refractivity contribution in [3.05, 3.63) is 23.0 Å². The number of anilines is 1. The molecule has 4 nitrogen and oxygen atoms in total. The van der Waals surface area contributed by atoms with Crippen molar-refractivity contribution in [3.63, 3.8) is 0 Å². The summed E-state index contributed by atoms with van der Waals surface area (Å²) >= 11 is 5.62. The number of nitrogen functional groups attached to an aromatic ring is 1. The minimum absolute atomic E-state index is 0.219. The zero-order valence-electron chi connectivity index (χ0n) is 8.08. The fourth-order valence-electron chi connectivity index (χ4n) is 0.824. The Morgan fingerprint density at radius 1 is 1.73 bits per heavy atom. The number of carbonyl (C=O) groups excluding carboxylic acids is 1. The summed E-state index contributed by atoms with van der Waals surface area (Å²) in [4.78, 5) is 14.7. The third-order valence-electron chi connectivity index (χ3n) is 1.45. The molecule has 5 heteroatoms. The summed E-state index contributed by atoms with van der Waals surface area (Å²) in [7, 11) is 0. The van der Waals surface area contributed by atoms with Gasteiger partial charge in [0.15, 0.2) is 5.15 Å². The van der Waals surface area contributed by atoms with Crippen molar-refractivity contribution >= 4 is 23.3 Å². The number of ether oxygens (including phenoxy) is 1. The summed E-state index contributed by atoms with van der Waals surface area (Å²) in [5.74, 6) is 4.29. The highest BCUT2D eigenvalue weighted by atomic mass is 35.5. The largest absolute Gasteiger partial charge is 0.456 e. The minimum Gasteiger partial charge on any atom is -0.456 e. The lowest BCUT2D eigenvalue weighted by Crippen LogP contribution is -1.99. The Hall–Kier alpha value is -1.73. The molecule has 0 atom stereocenters. The predicted molar refractivity (Wildman–Crippen MR) is 57.2 cm³/mol. The Morgan fingerprint density at radius 3 is 3.07 bits per heavy atom. The molecule has 0 fully saturated rings. The fraction of sp³-hybridized carbons (Fsp3) is 0.200. The average Bonchev–Trinajstić information content (AvgIpc) is 2.20. The van der Waals surface area contributed by atoms with Crippen LogP contribution in [0.15, 0.2) is 12.3 Å². The molecule has 0 unspecified atom stereocenters. The highest BCUT2D eigenvalue weighted by Crippen LogP contribution is 2.15. The van der Waals surface area contributed by atoms with Crippen LogP contribution in [0.5, 0.6) is 0 Å². The molecule has 0 bridgehead atoms. The van der Waals surface area contributed by atoms with Crippen LogP contribution in [0, 0.1) is 11.8 Å². The van der Waals surface area contributed by atoms with Crippen molar-refractivity contribution < 1.29 is 9.53 Å². The lowest BCUT2D eigenvalue weighted by atomic mass is 10.3. The Balaban J connectivity index is 2.80. The Morgan fingerprint density at radius 2 is 2.47 bits per heavy atom. The van der Waals surface area contributed by atoms with Gasteiger partial charge in [-0.25, -0.2) is 9.78 Å². The van der Waals surface area contributed by atoms with E-state index in [2.05, 4.69) is 21.6 Å². The molecule has 0 amide bonds. The Kier molecular flexibility index (Phi) is 3.95. The molecule has 15 heavy (non-hydrogen) atoms. The van der Waals surface area contributed by atoms with Crippen molar-refractivity contribution in [3.8, 4) is 11.8 Å². The Labute approximate surface area is 92.4 Å². The number of hydrogen-bond donors (Lipinski definition) is 1. The summed E-state index contributed by atoms with van der Waals surface area (Å²) in [5.41, 5.74) is 6.35. The second-order valence-electron chi connectivity index (χ2n) is 2.57. The molecule has 0 aromatic carbocycles. The number of rotatable bonds is 1. The van der Waals surface area contributed by atoms with E-state index in [-0.39, 0.29) is 5.15 Å². The third-order valence-corrected chi connectivity index (χ3v) is 1.77. The molecule has 0 aliphatic carbocycles. The van der Waals surface area contributed by atoms with Gasteiger partial charge in [-0.2, -0.15) is 0 Å². The van der Waals surface area contributed by atoms with Gasteiger partial charge in [0.25, 0.3) is 0 Å². The van der Waals surface area contributed by atoms with Gasteiger partial charge in [0.2, 0.25) is 0 Å². The molecule has 1 rings (SSSR count). The van der Waals surface area contributed by atoms with Gasteiger partial charge in [-0.15, -0.1) is 0 Å². The molecule has 1 heterocycles. The molecule has 1 aromatic rings. The molecule has 2 N–H and O–H groups in total. The summed E-state index contributed by atoms with van der Waals surface area (Å²) in [6, 6.07) is 1.54. The first-order valence-corrected chi connectivity index (χ1v) is 4.61. The van der Waals surface area contributed by atoms with E-state index in [0.29, 0.717) is 17.9 Å².